The van der Waals surface area contributed by atoms with E-state index in [-0.39, 0.29) is 0 Å². The van der Waals surface area contributed by atoms with Gasteiger partial charge in [-0.25, -0.2) is 9.97 Å². The molecule has 0 atom stereocenters. The summed E-state index contributed by atoms with van der Waals surface area (Å²) in [5, 5.41) is 0. The van der Waals surface area contributed by atoms with E-state index in [0.29, 0.717) is 18.9 Å². The number of rotatable bonds is 4. The Labute approximate surface area is 123 Å². The van der Waals surface area contributed by atoms with Gasteiger partial charge < -0.3 is 10.5 Å². The quantitative estimate of drug-likeness (QED) is 0.798. The topological polar surface area (TPSA) is 65.4 Å². The number of benzene rings is 1. The number of aryl methyl sites for hydroxylation is 2. The fraction of sp³-hybridized carbons (Fsp3) is 0.250. The minimum atomic E-state index is 0.420. The van der Waals surface area contributed by atoms with Crippen LogP contribution in [0.1, 0.15) is 22.6 Å². The maximum absolute atomic E-state index is 5.75. The van der Waals surface area contributed by atoms with Crippen LogP contribution in [0, 0.1) is 13.8 Å². The highest BCUT2D eigenvalue weighted by Gasteiger charge is 2.06. The Morgan fingerprint density at radius 2 is 1.90 bits per heavy atom. The van der Waals surface area contributed by atoms with E-state index in [2.05, 4.69) is 9.97 Å². The molecule has 2 heterocycles. The minimum Gasteiger partial charge on any atom is -0.487 e. The molecule has 0 aliphatic carbocycles. The number of hydrogen-bond acceptors (Lipinski definition) is 4. The van der Waals surface area contributed by atoms with Crippen molar-refractivity contribution in [1.82, 2.24) is 14.4 Å². The van der Waals surface area contributed by atoms with E-state index in [4.69, 9.17) is 10.5 Å². The summed E-state index contributed by atoms with van der Waals surface area (Å²) in [4.78, 5) is 8.91. The summed E-state index contributed by atoms with van der Waals surface area (Å²) in [5.74, 6) is 1.52. The van der Waals surface area contributed by atoms with Crippen molar-refractivity contribution in [3.8, 4) is 5.75 Å². The number of hydrogen-bond donors (Lipinski definition) is 1. The van der Waals surface area contributed by atoms with Crippen LogP contribution in [0.2, 0.25) is 0 Å². The van der Waals surface area contributed by atoms with Gasteiger partial charge >= 0.3 is 0 Å². The van der Waals surface area contributed by atoms with Gasteiger partial charge in [-0.3, -0.25) is 4.40 Å². The van der Waals surface area contributed by atoms with Gasteiger partial charge in [-0.15, -0.1) is 0 Å². The number of aromatic nitrogens is 3. The first-order valence-corrected chi connectivity index (χ1v) is 6.90. The first kappa shape index (κ1) is 13.6. The molecular formula is C16H18N4O. The first-order chi connectivity index (χ1) is 10.2. The zero-order chi connectivity index (χ0) is 14.8. The highest BCUT2D eigenvalue weighted by Crippen LogP contribution is 2.15. The molecule has 0 aliphatic heterocycles. The molecule has 0 saturated carbocycles. The Hall–Kier alpha value is -2.40. The predicted molar refractivity (Wildman–Crippen MR) is 81.1 cm³/mol. The zero-order valence-electron chi connectivity index (χ0n) is 12.2. The molecule has 2 aromatic heterocycles. The summed E-state index contributed by atoms with van der Waals surface area (Å²) in [5.41, 5.74) is 9.60. The smallest absolute Gasteiger partial charge is 0.234 e. The normalized spacial score (nSPS) is 11.0. The second-order valence-electron chi connectivity index (χ2n) is 5.08. The number of ether oxygens (including phenoxy) is 1. The van der Waals surface area contributed by atoms with Crippen molar-refractivity contribution in [3.63, 3.8) is 0 Å². The lowest BCUT2D eigenvalue weighted by molar-refractivity contribution is 0.302. The molecule has 5 heteroatoms. The van der Waals surface area contributed by atoms with Gasteiger partial charge in [-0.05, 0) is 37.6 Å². The van der Waals surface area contributed by atoms with E-state index < -0.39 is 0 Å². The van der Waals surface area contributed by atoms with E-state index in [1.807, 2.05) is 54.8 Å². The van der Waals surface area contributed by atoms with Gasteiger partial charge in [0, 0.05) is 24.1 Å². The lowest BCUT2D eigenvalue weighted by atomic mass is 10.2. The highest BCUT2D eigenvalue weighted by molar-refractivity contribution is 5.35. The number of nitrogens with two attached hydrogens (primary N) is 1. The second-order valence-corrected chi connectivity index (χ2v) is 5.08. The Kier molecular flexibility index (Phi) is 3.58. The van der Waals surface area contributed by atoms with Crippen LogP contribution in [0.3, 0.4) is 0 Å². The molecule has 0 saturated heterocycles. The Balaban J connectivity index is 1.77. The maximum Gasteiger partial charge on any atom is 0.234 e. The van der Waals surface area contributed by atoms with Crippen LogP contribution >= 0.6 is 0 Å². The van der Waals surface area contributed by atoms with Crippen molar-refractivity contribution in [2.75, 3.05) is 0 Å². The molecule has 0 spiro atoms. The average Bonchev–Trinajstić information content (AvgIpc) is 2.89. The maximum atomic E-state index is 5.75. The molecule has 5 nitrogen and oxygen atoms in total. The van der Waals surface area contributed by atoms with Crippen LogP contribution in [0.15, 0.2) is 36.5 Å². The number of fused-ring (bicyclic) bond motifs is 1. The molecule has 0 aliphatic rings. The van der Waals surface area contributed by atoms with Gasteiger partial charge in [-0.1, -0.05) is 12.1 Å². The third-order valence-corrected chi connectivity index (χ3v) is 3.36. The molecule has 3 rings (SSSR count). The summed E-state index contributed by atoms with van der Waals surface area (Å²) >= 11 is 0. The Morgan fingerprint density at radius 3 is 2.62 bits per heavy atom. The molecule has 0 bridgehead atoms. The van der Waals surface area contributed by atoms with Gasteiger partial charge in [0.25, 0.3) is 0 Å². The van der Waals surface area contributed by atoms with Crippen molar-refractivity contribution in [2.24, 2.45) is 5.73 Å². The fourth-order valence-corrected chi connectivity index (χ4v) is 2.27. The molecule has 1 aromatic carbocycles. The summed E-state index contributed by atoms with van der Waals surface area (Å²) < 4.78 is 7.72. The van der Waals surface area contributed by atoms with Crippen molar-refractivity contribution >= 4 is 5.78 Å². The summed E-state index contributed by atoms with van der Waals surface area (Å²) in [6.45, 7) is 4.97. The number of nitrogens with zero attached hydrogens (tertiary/aromatic N) is 3. The lowest BCUT2D eigenvalue weighted by Crippen LogP contribution is -1.98. The van der Waals surface area contributed by atoms with Crippen molar-refractivity contribution < 1.29 is 4.74 Å². The minimum absolute atomic E-state index is 0.420. The van der Waals surface area contributed by atoms with Crippen LogP contribution in [0.25, 0.3) is 5.78 Å². The van der Waals surface area contributed by atoms with E-state index in [1.54, 1.807) is 0 Å². The predicted octanol–water partition coefficient (Wildman–Crippen LogP) is 2.38. The molecule has 0 radical (unpaired) electrons. The van der Waals surface area contributed by atoms with Gasteiger partial charge in [-0.2, -0.15) is 0 Å². The largest absolute Gasteiger partial charge is 0.487 e. The van der Waals surface area contributed by atoms with E-state index in [1.165, 1.54) is 0 Å². The zero-order valence-corrected chi connectivity index (χ0v) is 12.2. The third kappa shape index (κ3) is 2.87. The Bertz CT molecular complexity index is 762. The van der Waals surface area contributed by atoms with E-state index in [0.717, 1.165) is 28.4 Å². The molecule has 0 amide bonds. The average molecular weight is 282 g/mol. The molecule has 0 fully saturated rings. The van der Waals surface area contributed by atoms with E-state index in [9.17, 15) is 0 Å². The Morgan fingerprint density at radius 1 is 1.14 bits per heavy atom. The summed E-state index contributed by atoms with van der Waals surface area (Å²) in [7, 11) is 0. The second kappa shape index (κ2) is 5.54. The summed E-state index contributed by atoms with van der Waals surface area (Å²) in [6.07, 6.45) is 1.96. The molecule has 2 N–H and O–H groups in total. The third-order valence-electron chi connectivity index (χ3n) is 3.36. The molecular weight excluding hydrogens is 264 g/mol. The summed E-state index contributed by atoms with van der Waals surface area (Å²) in [6, 6.07) is 9.81. The highest BCUT2D eigenvalue weighted by atomic mass is 16.5. The van der Waals surface area contributed by atoms with Crippen LogP contribution in [-0.4, -0.2) is 14.4 Å². The van der Waals surface area contributed by atoms with Gasteiger partial charge in [0.1, 0.15) is 12.4 Å². The van der Waals surface area contributed by atoms with Crippen molar-refractivity contribution in [3.05, 3.63) is 59.2 Å². The monoisotopic (exact) mass is 282 g/mol. The van der Waals surface area contributed by atoms with E-state index >= 15 is 0 Å². The van der Waals surface area contributed by atoms with Crippen LogP contribution in [-0.2, 0) is 13.2 Å². The van der Waals surface area contributed by atoms with Crippen molar-refractivity contribution in [2.45, 2.75) is 27.0 Å². The number of imidazole rings is 1. The molecule has 0 unspecified atom stereocenters. The fourth-order valence-electron chi connectivity index (χ4n) is 2.27. The molecule has 108 valence electrons. The first-order valence-electron chi connectivity index (χ1n) is 6.90. The van der Waals surface area contributed by atoms with Crippen LogP contribution < -0.4 is 10.5 Å². The molecule has 21 heavy (non-hydrogen) atoms. The standard InChI is InChI=1S/C16H18N4O/c1-11-7-12(2)20-9-14(19-16(20)18-11)10-21-15-5-3-13(8-17)4-6-15/h3-7,9H,8,10,17H2,1-2H3. The van der Waals surface area contributed by atoms with Gasteiger partial charge in [0.15, 0.2) is 0 Å². The lowest BCUT2D eigenvalue weighted by Gasteiger charge is -2.04. The van der Waals surface area contributed by atoms with Crippen LogP contribution in [0.5, 0.6) is 5.75 Å². The van der Waals surface area contributed by atoms with Gasteiger partial charge in [0.2, 0.25) is 5.78 Å². The van der Waals surface area contributed by atoms with Gasteiger partial charge in [0.05, 0.1) is 5.69 Å². The SMILES string of the molecule is Cc1cc(C)n2cc(COc3ccc(CN)cc3)nc2n1. The molecule has 3 aromatic rings. The van der Waals surface area contributed by atoms with Crippen LogP contribution in [0.4, 0.5) is 0 Å². The van der Waals surface area contributed by atoms with Crippen molar-refractivity contribution in [1.29, 1.82) is 0 Å².